The molecule has 5 heteroatoms. The van der Waals surface area contributed by atoms with Crippen LogP contribution >= 0.6 is 0 Å². The first-order chi connectivity index (χ1) is 11.5. The maximum absolute atomic E-state index is 11.8. The van der Waals surface area contributed by atoms with Gasteiger partial charge in [0.2, 0.25) is 5.95 Å². The lowest BCUT2D eigenvalue weighted by atomic mass is 10.0. The molecule has 0 aliphatic heterocycles. The Hall–Kier alpha value is -3.08. The van der Waals surface area contributed by atoms with Crippen LogP contribution in [0.5, 0.6) is 0 Å². The van der Waals surface area contributed by atoms with Gasteiger partial charge in [0, 0.05) is 34.4 Å². The molecule has 0 saturated carbocycles. The lowest BCUT2D eigenvalue weighted by Crippen LogP contribution is -2.04. The van der Waals surface area contributed by atoms with Gasteiger partial charge < -0.3 is 5.32 Å². The summed E-state index contributed by atoms with van der Waals surface area (Å²) >= 11 is 0. The van der Waals surface area contributed by atoms with Crippen molar-refractivity contribution in [1.29, 1.82) is 0 Å². The van der Waals surface area contributed by atoms with E-state index >= 15 is 0 Å². The number of anilines is 2. The highest BCUT2D eigenvalue weighted by molar-refractivity contribution is 5.96. The average molecular weight is 318 g/mol. The third-order valence-corrected chi connectivity index (χ3v) is 3.74. The van der Waals surface area contributed by atoms with E-state index in [1.54, 1.807) is 13.1 Å². The van der Waals surface area contributed by atoms with Crippen LogP contribution in [0.15, 0.2) is 48.7 Å². The molecule has 3 aromatic rings. The van der Waals surface area contributed by atoms with Gasteiger partial charge in [-0.15, -0.1) is 0 Å². The zero-order chi connectivity index (χ0) is 17.1. The van der Waals surface area contributed by atoms with Crippen LogP contribution in [0.3, 0.4) is 0 Å². The van der Waals surface area contributed by atoms with Crippen LogP contribution in [0.4, 0.5) is 11.6 Å². The number of para-hydroxylation sites is 1. The molecule has 0 fully saturated rings. The maximum Gasteiger partial charge on any atom is 0.227 e. The first-order valence-electron chi connectivity index (χ1n) is 7.69. The van der Waals surface area contributed by atoms with E-state index in [0.29, 0.717) is 11.5 Å². The number of nitrogens with one attached hydrogen (secondary N) is 1. The van der Waals surface area contributed by atoms with Crippen molar-refractivity contribution in [2.45, 2.75) is 20.8 Å². The summed E-state index contributed by atoms with van der Waals surface area (Å²) in [6.07, 6.45) is 1.69. The molecule has 0 atom stereocenters. The standard InChI is InChI=1S/C19H18N4O/c1-12-16(14(3)24)11-17(13(2)21-12)18-9-10-20-19(23-18)22-15-7-5-4-6-8-15/h4-11H,1-3H3,(H,20,22,23). The lowest BCUT2D eigenvalue weighted by Gasteiger charge is -2.11. The number of nitrogens with zero attached hydrogens (tertiary/aromatic N) is 3. The fourth-order valence-corrected chi connectivity index (χ4v) is 2.56. The molecule has 24 heavy (non-hydrogen) atoms. The second-order valence-corrected chi connectivity index (χ2v) is 5.57. The van der Waals surface area contributed by atoms with Gasteiger partial charge in [0.05, 0.1) is 5.69 Å². The van der Waals surface area contributed by atoms with Crippen molar-refractivity contribution in [1.82, 2.24) is 15.0 Å². The molecule has 0 aliphatic rings. The number of ketones is 1. The van der Waals surface area contributed by atoms with Gasteiger partial charge in [-0.25, -0.2) is 9.97 Å². The number of benzene rings is 1. The summed E-state index contributed by atoms with van der Waals surface area (Å²) in [6, 6.07) is 13.4. The summed E-state index contributed by atoms with van der Waals surface area (Å²) in [5, 5.41) is 3.17. The highest BCUT2D eigenvalue weighted by Gasteiger charge is 2.13. The molecule has 2 aromatic heterocycles. The molecule has 0 amide bonds. The zero-order valence-corrected chi connectivity index (χ0v) is 13.9. The van der Waals surface area contributed by atoms with Gasteiger partial charge in [0.1, 0.15) is 0 Å². The summed E-state index contributed by atoms with van der Waals surface area (Å²) in [5.41, 5.74) is 4.67. The number of rotatable bonds is 4. The lowest BCUT2D eigenvalue weighted by molar-refractivity contribution is 0.101. The number of Topliss-reactive ketones (excluding diaryl/α,β-unsaturated/α-hetero) is 1. The van der Waals surface area contributed by atoms with Gasteiger partial charge >= 0.3 is 0 Å². The third-order valence-electron chi connectivity index (χ3n) is 3.74. The normalized spacial score (nSPS) is 10.5. The van der Waals surface area contributed by atoms with Gasteiger partial charge in [-0.2, -0.15) is 0 Å². The fraction of sp³-hybridized carbons (Fsp3) is 0.158. The van der Waals surface area contributed by atoms with Crippen molar-refractivity contribution in [3.05, 3.63) is 65.6 Å². The van der Waals surface area contributed by atoms with E-state index in [9.17, 15) is 4.79 Å². The molecule has 0 radical (unpaired) electrons. The Morgan fingerprint density at radius 3 is 2.46 bits per heavy atom. The number of carbonyl (C=O) groups excluding carboxylic acids is 1. The highest BCUT2D eigenvalue weighted by Crippen LogP contribution is 2.24. The smallest absolute Gasteiger partial charge is 0.227 e. The predicted molar refractivity (Wildman–Crippen MR) is 94.5 cm³/mol. The van der Waals surface area contributed by atoms with Crippen LogP contribution in [0.2, 0.25) is 0 Å². The molecule has 0 aliphatic carbocycles. The summed E-state index contributed by atoms with van der Waals surface area (Å²) in [5.74, 6) is 0.501. The molecule has 1 aromatic carbocycles. The molecule has 5 nitrogen and oxygen atoms in total. The zero-order valence-electron chi connectivity index (χ0n) is 13.9. The second-order valence-electron chi connectivity index (χ2n) is 5.57. The Balaban J connectivity index is 2.00. The number of hydrogen-bond donors (Lipinski definition) is 1. The Kier molecular flexibility index (Phi) is 4.33. The highest BCUT2D eigenvalue weighted by atomic mass is 16.1. The Labute approximate surface area is 140 Å². The van der Waals surface area contributed by atoms with Crippen LogP contribution in [0.25, 0.3) is 11.3 Å². The molecule has 3 rings (SSSR count). The minimum Gasteiger partial charge on any atom is -0.324 e. The number of pyridine rings is 1. The van der Waals surface area contributed by atoms with E-state index in [-0.39, 0.29) is 5.78 Å². The quantitative estimate of drug-likeness (QED) is 0.733. The van der Waals surface area contributed by atoms with E-state index in [4.69, 9.17) is 0 Å². The summed E-state index contributed by atoms with van der Waals surface area (Å²) < 4.78 is 0. The van der Waals surface area contributed by atoms with Crippen molar-refractivity contribution >= 4 is 17.4 Å². The Bertz CT molecular complexity index is 891. The largest absolute Gasteiger partial charge is 0.324 e. The topological polar surface area (TPSA) is 67.8 Å². The van der Waals surface area contributed by atoms with Gasteiger partial charge in [0.15, 0.2) is 5.78 Å². The molecule has 0 unspecified atom stereocenters. The molecule has 0 spiro atoms. The first kappa shape index (κ1) is 15.8. The average Bonchev–Trinajstić information content (AvgIpc) is 2.56. The van der Waals surface area contributed by atoms with Crippen molar-refractivity contribution in [2.75, 3.05) is 5.32 Å². The molecule has 120 valence electrons. The Morgan fingerprint density at radius 2 is 1.75 bits per heavy atom. The molecule has 2 heterocycles. The summed E-state index contributed by atoms with van der Waals surface area (Å²) in [4.78, 5) is 25.1. The molecule has 0 bridgehead atoms. The van der Waals surface area contributed by atoms with Crippen LogP contribution in [0.1, 0.15) is 28.7 Å². The number of aryl methyl sites for hydroxylation is 2. The van der Waals surface area contributed by atoms with Crippen LogP contribution in [-0.4, -0.2) is 20.7 Å². The summed E-state index contributed by atoms with van der Waals surface area (Å²) in [6.45, 7) is 5.31. The van der Waals surface area contributed by atoms with Crippen molar-refractivity contribution < 1.29 is 4.79 Å². The second kappa shape index (κ2) is 6.58. The molecular formula is C19H18N4O. The van der Waals surface area contributed by atoms with Crippen molar-refractivity contribution in [3.63, 3.8) is 0 Å². The predicted octanol–water partition coefficient (Wildman–Crippen LogP) is 4.10. The summed E-state index contributed by atoms with van der Waals surface area (Å²) in [7, 11) is 0. The number of aromatic nitrogens is 3. The van der Waals surface area contributed by atoms with E-state index < -0.39 is 0 Å². The van der Waals surface area contributed by atoms with Gasteiger partial charge in [-0.05, 0) is 45.0 Å². The van der Waals surface area contributed by atoms with E-state index in [2.05, 4.69) is 20.3 Å². The monoisotopic (exact) mass is 318 g/mol. The minimum absolute atomic E-state index is 0.00191. The molecule has 0 saturated heterocycles. The van der Waals surface area contributed by atoms with E-state index in [1.165, 1.54) is 0 Å². The van der Waals surface area contributed by atoms with E-state index in [1.807, 2.05) is 56.3 Å². The number of carbonyl (C=O) groups is 1. The first-order valence-corrected chi connectivity index (χ1v) is 7.69. The molecular weight excluding hydrogens is 300 g/mol. The van der Waals surface area contributed by atoms with E-state index in [0.717, 1.165) is 28.3 Å². The van der Waals surface area contributed by atoms with Gasteiger partial charge in [-0.3, -0.25) is 9.78 Å². The maximum atomic E-state index is 11.8. The van der Waals surface area contributed by atoms with Gasteiger partial charge in [0.25, 0.3) is 0 Å². The van der Waals surface area contributed by atoms with Crippen LogP contribution in [0, 0.1) is 13.8 Å². The third kappa shape index (κ3) is 3.30. The van der Waals surface area contributed by atoms with Crippen LogP contribution in [-0.2, 0) is 0 Å². The minimum atomic E-state index is -0.00191. The van der Waals surface area contributed by atoms with Crippen molar-refractivity contribution in [3.8, 4) is 11.3 Å². The molecule has 1 N–H and O–H groups in total. The van der Waals surface area contributed by atoms with Crippen LogP contribution < -0.4 is 5.32 Å². The van der Waals surface area contributed by atoms with Crippen molar-refractivity contribution in [2.24, 2.45) is 0 Å². The fourth-order valence-electron chi connectivity index (χ4n) is 2.56. The Morgan fingerprint density at radius 1 is 1.00 bits per heavy atom. The van der Waals surface area contributed by atoms with Gasteiger partial charge in [-0.1, -0.05) is 18.2 Å². The number of hydrogen-bond acceptors (Lipinski definition) is 5. The SMILES string of the molecule is CC(=O)c1cc(-c2ccnc(Nc3ccccc3)n2)c(C)nc1C.